The number of hydrogen-bond donors (Lipinski definition) is 0. The SMILES string of the molecule is COCCCn1cnnc1SCC(=O)c1cc(C)n(-c2ccc(F)cc2)c1C. The number of thioether (sulfide) groups is 1. The maximum absolute atomic E-state index is 13.2. The standard InChI is InChI=1S/C20H23FN4O2S/c1-14-11-18(15(2)25(14)17-7-5-16(21)6-8-17)19(26)12-28-20-23-22-13-24(20)9-4-10-27-3/h5-8,11,13H,4,9-10,12H2,1-3H3. The number of ether oxygens (including phenoxy) is 1. The molecular weight excluding hydrogens is 379 g/mol. The third-order valence-corrected chi connectivity index (χ3v) is 5.46. The first-order valence-corrected chi connectivity index (χ1v) is 9.97. The predicted molar refractivity (Wildman–Crippen MR) is 107 cm³/mol. The quantitative estimate of drug-likeness (QED) is 0.309. The first-order valence-electron chi connectivity index (χ1n) is 8.99. The fourth-order valence-corrected chi connectivity index (χ4v) is 3.95. The van der Waals surface area contributed by atoms with E-state index in [1.165, 1.54) is 23.9 Å². The van der Waals surface area contributed by atoms with E-state index in [1.54, 1.807) is 25.6 Å². The van der Waals surface area contributed by atoms with Gasteiger partial charge in [-0.25, -0.2) is 4.39 Å². The molecule has 3 aromatic rings. The molecule has 0 spiro atoms. The lowest BCUT2D eigenvalue weighted by Gasteiger charge is -2.10. The number of carbonyl (C=O) groups excluding carboxylic acids is 1. The summed E-state index contributed by atoms with van der Waals surface area (Å²) in [7, 11) is 1.67. The average Bonchev–Trinajstić information content (AvgIpc) is 3.25. The molecule has 1 aromatic carbocycles. The van der Waals surface area contributed by atoms with Gasteiger partial charge in [-0.3, -0.25) is 4.79 Å². The zero-order valence-corrected chi connectivity index (χ0v) is 17.0. The Bertz CT molecular complexity index is 950. The zero-order valence-electron chi connectivity index (χ0n) is 16.2. The summed E-state index contributed by atoms with van der Waals surface area (Å²) >= 11 is 1.38. The molecule has 2 heterocycles. The van der Waals surface area contributed by atoms with Crippen molar-refractivity contribution in [2.24, 2.45) is 0 Å². The number of aryl methyl sites for hydroxylation is 2. The van der Waals surface area contributed by atoms with Crippen molar-refractivity contribution in [2.45, 2.75) is 32.0 Å². The summed E-state index contributed by atoms with van der Waals surface area (Å²) in [5.74, 6) is 0.0165. The second-order valence-electron chi connectivity index (χ2n) is 6.46. The van der Waals surface area contributed by atoms with Gasteiger partial charge in [-0.05, 0) is 50.6 Å². The van der Waals surface area contributed by atoms with Crippen molar-refractivity contribution in [3.63, 3.8) is 0 Å². The van der Waals surface area contributed by atoms with Gasteiger partial charge in [-0.1, -0.05) is 11.8 Å². The summed E-state index contributed by atoms with van der Waals surface area (Å²) in [6, 6.07) is 8.14. The highest BCUT2D eigenvalue weighted by Gasteiger charge is 2.18. The van der Waals surface area contributed by atoms with Gasteiger partial charge in [-0.15, -0.1) is 10.2 Å². The van der Waals surface area contributed by atoms with Crippen LogP contribution in [-0.2, 0) is 11.3 Å². The summed E-state index contributed by atoms with van der Waals surface area (Å²) in [6.45, 7) is 5.25. The molecule has 8 heteroatoms. The second kappa shape index (κ2) is 9.16. The monoisotopic (exact) mass is 402 g/mol. The largest absolute Gasteiger partial charge is 0.385 e. The molecule has 0 bridgehead atoms. The number of nitrogens with zero attached hydrogens (tertiary/aromatic N) is 4. The van der Waals surface area contributed by atoms with Crippen LogP contribution in [0.15, 0.2) is 41.8 Å². The van der Waals surface area contributed by atoms with Gasteiger partial charge in [0.25, 0.3) is 0 Å². The molecule has 2 aromatic heterocycles. The van der Waals surface area contributed by atoms with Crippen LogP contribution in [0, 0.1) is 19.7 Å². The van der Waals surface area contributed by atoms with Crippen LogP contribution in [0.5, 0.6) is 0 Å². The number of rotatable bonds is 9. The number of methoxy groups -OCH3 is 1. The first-order chi connectivity index (χ1) is 13.5. The Morgan fingerprint density at radius 3 is 2.71 bits per heavy atom. The van der Waals surface area contributed by atoms with E-state index in [0.29, 0.717) is 12.2 Å². The topological polar surface area (TPSA) is 61.9 Å². The number of hydrogen-bond acceptors (Lipinski definition) is 5. The Morgan fingerprint density at radius 2 is 2.00 bits per heavy atom. The number of carbonyl (C=O) groups is 1. The Labute approximate surface area is 167 Å². The molecule has 0 N–H and O–H groups in total. The van der Waals surface area contributed by atoms with Crippen molar-refractivity contribution in [3.05, 3.63) is 59.4 Å². The van der Waals surface area contributed by atoms with Crippen molar-refractivity contribution in [3.8, 4) is 5.69 Å². The van der Waals surface area contributed by atoms with E-state index in [0.717, 1.165) is 35.2 Å². The number of benzene rings is 1. The van der Waals surface area contributed by atoms with Crippen LogP contribution < -0.4 is 0 Å². The summed E-state index contributed by atoms with van der Waals surface area (Å²) in [6.07, 6.45) is 2.53. The minimum atomic E-state index is -0.284. The summed E-state index contributed by atoms with van der Waals surface area (Å²) in [5.41, 5.74) is 3.28. The normalized spacial score (nSPS) is 11.1. The average molecular weight is 402 g/mol. The summed E-state index contributed by atoms with van der Waals surface area (Å²) < 4.78 is 22.2. The van der Waals surface area contributed by atoms with Crippen LogP contribution in [0.25, 0.3) is 5.69 Å². The molecule has 0 saturated heterocycles. The van der Waals surface area contributed by atoms with Crippen LogP contribution in [0.4, 0.5) is 4.39 Å². The molecule has 28 heavy (non-hydrogen) atoms. The van der Waals surface area contributed by atoms with Crippen LogP contribution in [0.2, 0.25) is 0 Å². The second-order valence-corrected chi connectivity index (χ2v) is 7.40. The molecule has 0 unspecified atom stereocenters. The fraction of sp³-hybridized carbons (Fsp3) is 0.350. The minimum absolute atomic E-state index is 0.0258. The van der Waals surface area contributed by atoms with E-state index in [1.807, 2.05) is 29.0 Å². The lowest BCUT2D eigenvalue weighted by atomic mass is 10.2. The van der Waals surface area contributed by atoms with E-state index >= 15 is 0 Å². The van der Waals surface area contributed by atoms with Gasteiger partial charge < -0.3 is 13.9 Å². The van der Waals surface area contributed by atoms with Crippen LogP contribution in [0.3, 0.4) is 0 Å². The molecule has 0 aliphatic rings. The fourth-order valence-electron chi connectivity index (χ4n) is 3.13. The summed E-state index contributed by atoms with van der Waals surface area (Å²) in [5, 5.41) is 8.76. The molecule has 0 aliphatic carbocycles. The van der Waals surface area contributed by atoms with Crippen molar-refractivity contribution in [1.29, 1.82) is 0 Å². The maximum Gasteiger partial charge on any atom is 0.191 e. The maximum atomic E-state index is 13.2. The van der Waals surface area contributed by atoms with Gasteiger partial charge in [0.1, 0.15) is 12.1 Å². The molecule has 0 amide bonds. The third-order valence-electron chi connectivity index (χ3n) is 4.48. The highest BCUT2D eigenvalue weighted by Crippen LogP contribution is 2.24. The molecule has 3 rings (SSSR count). The van der Waals surface area contributed by atoms with Crippen molar-refractivity contribution in [2.75, 3.05) is 19.5 Å². The van der Waals surface area contributed by atoms with Crippen LogP contribution >= 0.6 is 11.8 Å². The molecule has 0 fully saturated rings. The van der Waals surface area contributed by atoms with Gasteiger partial charge in [0.15, 0.2) is 10.9 Å². The highest BCUT2D eigenvalue weighted by molar-refractivity contribution is 7.99. The molecule has 6 nitrogen and oxygen atoms in total. The van der Waals surface area contributed by atoms with Crippen LogP contribution in [0.1, 0.15) is 28.2 Å². The highest BCUT2D eigenvalue weighted by atomic mass is 32.2. The number of ketones is 1. The van der Waals surface area contributed by atoms with E-state index in [2.05, 4.69) is 10.2 Å². The molecular formula is C20H23FN4O2S. The number of halogens is 1. The van der Waals surface area contributed by atoms with Crippen molar-refractivity contribution in [1.82, 2.24) is 19.3 Å². The van der Waals surface area contributed by atoms with E-state index in [-0.39, 0.29) is 17.4 Å². The lowest BCUT2D eigenvalue weighted by molar-refractivity contribution is 0.102. The van der Waals surface area contributed by atoms with Gasteiger partial charge in [0.05, 0.1) is 5.75 Å². The first kappa shape index (κ1) is 20.3. The van der Waals surface area contributed by atoms with Gasteiger partial charge >= 0.3 is 0 Å². The Balaban J connectivity index is 1.71. The van der Waals surface area contributed by atoms with E-state index in [4.69, 9.17) is 4.74 Å². The Hall–Kier alpha value is -2.45. The molecule has 0 atom stereocenters. The Kier molecular flexibility index (Phi) is 6.64. The summed E-state index contributed by atoms with van der Waals surface area (Å²) in [4.78, 5) is 12.8. The van der Waals surface area contributed by atoms with Crippen molar-refractivity contribution >= 4 is 17.5 Å². The number of Topliss-reactive ketones (excluding diaryl/α,β-unsaturated/α-hetero) is 1. The van der Waals surface area contributed by atoms with Crippen molar-refractivity contribution < 1.29 is 13.9 Å². The smallest absolute Gasteiger partial charge is 0.191 e. The van der Waals surface area contributed by atoms with E-state index < -0.39 is 0 Å². The predicted octanol–water partition coefficient (Wildman–Crippen LogP) is 3.84. The molecule has 0 saturated carbocycles. The number of aromatic nitrogens is 4. The van der Waals surface area contributed by atoms with Gasteiger partial charge in [0, 0.05) is 42.9 Å². The lowest BCUT2D eigenvalue weighted by Crippen LogP contribution is -2.07. The minimum Gasteiger partial charge on any atom is -0.385 e. The molecule has 0 aliphatic heterocycles. The third kappa shape index (κ3) is 4.51. The van der Waals surface area contributed by atoms with E-state index in [9.17, 15) is 9.18 Å². The molecule has 148 valence electrons. The Morgan fingerprint density at radius 1 is 1.25 bits per heavy atom. The van der Waals surface area contributed by atoms with Gasteiger partial charge in [-0.2, -0.15) is 0 Å². The molecule has 0 radical (unpaired) electrons. The van der Waals surface area contributed by atoms with Gasteiger partial charge in [0.2, 0.25) is 0 Å². The van der Waals surface area contributed by atoms with Crippen LogP contribution in [-0.4, -0.2) is 44.6 Å². The zero-order chi connectivity index (χ0) is 20.1.